The van der Waals surface area contributed by atoms with Gasteiger partial charge in [0.1, 0.15) is 0 Å². The Morgan fingerprint density at radius 2 is 2.00 bits per heavy atom. The number of hydrogen-bond donors (Lipinski definition) is 2. The van der Waals surface area contributed by atoms with E-state index in [1.807, 2.05) is 25.0 Å². The standard InChI is InChI=1S/C19H37N7.HI/c1-15(2)13-26-9-7-17(8-10-26)23-19(20-3)21-12-18(24(4)5)16-11-22-25(6)14-16;/h11,14-15,17-18H,7-10,12-13H2,1-6H3,(H2,20,21,23);1H. The summed E-state index contributed by atoms with van der Waals surface area (Å²) in [5.74, 6) is 1.63. The van der Waals surface area contributed by atoms with Crippen LogP contribution in [0, 0.1) is 5.92 Å². The van der Waals surface area contributed by atoms with Crippen molar-refractivity contribution in [2.24, 2.45) is 18.0 Å². The van der Waals surface area contributed by atoms with Crippen molar-refractivity contribution >= 4 is 29.9 Å². The Labute approximate surface area is 182 Å². The van der Waals surface area contributed by atoms with Crippen molar-refractivity contribution in [2.75, 3.05) is 47.3 Å². The number of nitrogens with one attached hydrogen (secondary N) is 2. The van der Waals surface area contributed by atoms with Gasteiger partial charge in [-0.1, -0.05) is 13.8 Å². The lowest BCUT2D eigenvalue weighted by Crippen LogP contribution is -2.50. The number of aromatic nitrogens is 2. The van der Waals surface area contributed by atoms with E-state index in [9.17, 15) is 0 Å². The van der Waals surface area contributed by atoms with Gasteiger partial charge in [-0.15, -0.1) is 24.0 Å². The Hall–Kier alpha value is -0.870. The Morgan fingerprint density at radius 1 is 1.33 bits per heavy atom. The van der Waals surface area contributed by atoms with Crippen molar-refractivity contribution in [1.29, 1.82) is 0 Å². The minimum Gasteiger partial charge on any atom is -0.354 e. The van der Waals surface area contributed by atoms with Crippen LogP contribution in [0.1, 0.15) is 38.3 Å². The molecule has 0 spiro atoms. The van der Waals surface area contributed by atoms with Crippen LogP contribution in [0.4, 0.5) is 0 Å². The fourth-order valence-corrected chi connectivity index (χ4v) is 3.57. The minimum absolute atomic E-state index is 0. The second-order valence-corrected chi connectivity index (χ2v) is 7.99. The molecule has 1 atom stereocenters. The molecule has 1 unspecified atom stereocenters. The van der Waals surface area contributed by atoms with Crippen LogP contribution in [0.3, 0.4) is 0 Å². The molecule has 27 heavy (non-hydrogen) atoms. The Kier molecular flexibility index (Phi) is 10.6. The van der Waals surface area contributed by atoms with E-state index >= 15 is 0 Å². The Balaban J connectivity index is 0.00000364. The van der Waals surface area contributed by atoms with Crippen molar-refractivity contribution in [3.63, 3.8) is 0 Å². The molecule has 2 rings (SSSR count). The molecule has 1 aliphatic heterocycles. The molecule has 1 aromatic heterocycles. The fraction of sp³-hybridized carbons (Fsp3) is 0.789. The summed E-state index contributed by atoms with van der Waals surface area (Å²) in [7, 11) is 7.99. The molecular formula is C19H38IN7. The largest absolute Gasteiger partial charge is 0.354 e. The zero-order valence-electron chi connectivity index (χ0n) is 17.8. The van der Waals surface area contributed by atoms with E-state index in [4.69, 9.17) is 0 Å². The summed E-state index contributed by atoms with van der Waals surface area (Å²) in [6, 6.07) is 0.760. The van der Waals surface area contributed by atoms with Gasteiger partial charge in [0.2, 0.25) is 0 Å². The highest BCUT2D eigenvalue weighted by Crippen LogP contribution is 2.16. The van der Waals surface area contributed by atoms with Crippen LogP contribution >= 0.6 is 24.0 Å². The first-order valence-electron chi connectivity index (χ1n) is 9.73. The second-order valence-electron chi connectivity index (χ2n) is 7.99. The zero-order chi connectivity index (χ0) is 19.1. The maximum atomic E-state index is 4.42. The lowest BCUT2D eigenvalue weighted by atomic mass is 10.0. The molecule has 1 fully saturated rings. The van der Waals surface area contributed by atoms with Crippen LogP contribution in [-0.2, 0) is 7.05 Å². The van der Waals surface area contributed by atoms with Crippen LogP contribution in [0.15, 0.2) is 17.4 Å². The molecule has 0 amide bonds. The molecule has 2 N–H and O–H groups in total. The molecule has 156 valence electrons. The molecule has 1 aliphatic rings. The van der Waals surface area contributed by atoms with Crippen LogP contribution in [0.25, 0.3) is 0 Å². The van der Waals surface area contributed by atoms with Gasteiger partial charge in [-0.3, -0.25) is 9.67 Å². The normalized spacial score (nSPS) is 17.9. The zero-order valence-corrected chi connectivity index (χ0v) is 20.1. The monoisotopic (exact) mass is 491 g/mol. The highest BCUT2D eigenvalue weighted by molar-refractivity contribution is 14.0. The molecule has 8 heteroatoms. The van der Waals surface area contributed by atoms with Gasteiger partial charge in [0.15, 0.2) is 5.96 Å². The molecule has 7 nitrogen and oxygen atoms in total. The predicted molar refractivity (Wildman–Crippen MR) is 124 cm³/mol. The summed E-state index contributed by atoms with van der Waals surface area (Å²) in [4.78, 5) is 9.20. The van der Waals surface area contributed by atoms with E-state index in [0.717, 1.165) is 18.4 Å². The van der Waals surface area contributed by atoms with Crippen molar-refractivity contribution in [3.05, 3.63) is 18.0 Å². The summed E-state index contributed by atoms with van der Waals surface area (Å²) >= 11 is 0. The van der Waals surface area contributed by atoms with Gasteiger partial charge in [-0.2, -0.15) is 5.10 Å². The van der Waals surface area contributed by atoms with Crippen molar-refractivity contribution in [2.45, 2.75) is 38.8 Å². The van der Waals surface area contributed by atoms with Gasteiger partial charge < -0.3 is 20.4 Å². The van der Waals surface area contributed by atoms with Crippen LogP contribution in [-0.4, -0.2) is 78.9 Å². The number of halogens is 1. The summed E-state index contributed by atoms with van der Waals surface area (Å²) in [5, 5.41) is 11.4. The average Bonchev–Trinajstić information content (AvgIpc) is 3.01. The van der Waals surface area contributed by atoms with Crippen molar-refractivity contribution in [3.8, 4) is 0 Å². The number of likely N-dealkylation sites (tertiary alicyclic amines) is 1. The summed E-state index contributed by atoms with van der Waals surface area (Å²) in [5.41, 5.74) is 1.21. The summed E-state index contributed by atoms with van der Waals surface area (Å²) in [6.45, 7) is 8.92. The highest BCUT2D eigenvalue weighted by Gasteiger charge is 2.21. The topological polar surface area (TPSA) is 60.7 Å². The molecule has 0 aliphatic carbocycles. The summed E-state index contributed by atoms with van der Waals surface area (Å²) < 4.78 is 1.85. The third kappa shape index (κ3) is 7.95. The Bertz CT molecular complexity index is 562. The molecule has 0 aromatic carbocycles. The number of guanidine groups is 1. The van der Waals surface area contributed by atoms with E-state index in [0.29, 0.717) is 6.04 Å². The summed E-state index contributed by atoms with van der Waals surface area (Å²) in [6.07, 6.45) is 6.36. The van der Waals surface area contributed by atoms with Crippen LogP contribution in [0.5, 0.6) is 0 Å². The van der Waals surface area contributed by atoms with Gasteiger partial charge in [0.25, 0.3) is 0 Å². The number of hydrogen-bond acceptors (Lipinski definition) is 4. The quantitative estimate of drug-likeness (QED) is 0.347. The van der Waals surface area contributed by atoms with E-state index < -0.39 is 0 Å². The van der Waals surface area contributed by atoms with Crippen molar-refractivity contribution in [1.82, 2.24) is 30.2 Å². The number of aryl methyl sites for hydroxylation is 1. The molecule has 2 heterocycles. The molecule has 1 aromatic rings. The lowest BCUT2D eigenvalue weighted by Gasteiger charge is -2.34. The molecule has 0 bridgehead atoms. The minimum atomic E-state index is 0. The SMILES string of the molecule is CN=C(NCC(c1cnn(C)c1)N(C)C)NC1CCN(CC(C)C)CC1.I. The van der Waals surface area contributed by atoms with E-state index in [1.54, 1.807) is 0 Å². The third-order valence-corrected chi connectivity index (χ3v) is 4.97. The number of aliphatic imine (C=N–C) groups is 1. The van der Waals surface area contributed by atoms with Gasteiger partial charge >= 0.3 is 0 Å². The number of likely N-dealkylation sites (N-methyl/N-ethyl adjacent to an activating group) is 1. The third-order valence-electron chi connectivity index (χ3n) is 4.97. The molecule has 1 saturated heterocycles. The predicted octanol–water partition coefficient (Wildman–Crippen LogP) is 1.93. The highest BCUT2D eigenvalue weighted by atomic mass is 127. The van der Waals surface area contributed by atoms with Crippen molar-refractivity contribution < 1.29 is 0 Å². The van der Waals surface area contributed by atoms with Crippen LogP contribution < -0.4 is 10.6 Å². The van der Waals surface area contributed by atoms with E-state index in [1.165, 1.54) is 38.0 Å². The maximum Gasteiger partial charge on any atom is 0.191 e. The Morgan fingerprint density at radius 3 is 2.48 bits per heavy atom. The smallest absolute Gasteiger partial charge is 0.191 e. The molecular weight excluding hydrogens is 453 g/mol. The van der Waals surface area contributed by atoms with E-state index in [-0.39, 0.29) is 30.0 Å². The molecule has 0 radical (unpaired) electrons. The number of piperidine rings is 1. The van der Waals surface area contributed by atoms with Gasteiger partial charge in [-0.25, -0.2) is 0 Å². The second kappa shape index (κ2) is 11.9. The lowest BCUT2D eigenvalue weighted by molar-refractivity contribution is 0.186. The number of nitrogens with zero attached hydrogens (tertiary/aromatic N) is 5. The maximum absolute atomic E-state index is 4.42. The van der Waals surface area contributed by atoms with Crippen LogP contribution in [0.2, 0.25) is 0 Å². The number of rotatable bonds is 7. The van der Waals surface area contributed by atoms with Gasteiger partial charge in [-0.05, 0) is 32.9 Å². The first-order valence-corrected chi connectivity index (χ1v) is 9.73. The molecule has 0 saturated carbocycles. The van der Waals surface area contributed by atoms with Gasteiger partial charge in [0, 0.05) is 58.1 Å². The fourth-order valence-electron chi connectivity index (χ4n) is 3.57. The first-order chi connectivity index (χ1) is 12.4. The first kappa shape index (κ1) is 24.2. The van der Waals surface area contributed by atoms with E-state index in [2.05, 4.69) is 64.7 Å². The van der Waals surface area contributed by atoms with Gasteiger partial charge in [0.05, 0.1) is 12.2 Å². The average molecular weight is 491 g/mol.